The highest BCUT2D eigenvalue weighted by atomic mass is 16.2. The topological polar surface area (TPSA) is 29.1 Å². The summed E-state index contributed by atoms with van der Waals surface area (Å²) < 4.78 is 0. The van der Waals surface area contributed by atoms with Crippen LogP contribution in [0, 0.1) is 5.41 Å². The molecule has 2 unspecified atom stereocenters. The smallest absolute Gasteiger partial charge is 0.225 e. The molecule has 2 heteroatoms. The minimum Gasteiger partial charge on any atom is -0.352 e. The number of carbonyl (C=O) groups excluding carboxylic acids is 1. The summed E-state index contributed by atoms with van der Waals surface area (Å²) in [5.41, 5.74) is 1.05. The maximum Gasteiger partial charge on any atom is 0.225 e. The molecule has 1 saturated carbocycles. The fourth-order valence-corrected chi connectivity index (χ4v) is 1.81. The van der Waals surface area contributed by atoms with Crippen molar-refractivity contribution < 1.29 is 4.79 Å². The highest BCUT2D eigenvalue weighted by Gasteiger charge is 2.40. The monoisotopic (exact) mass is 217 g/mol. The summed E-state index contributed by atoms with van der Waals surface area (Å²) in [5.74, 6) is 0.670. The van der Waals surface area contributed by atoms with Crippen molar-refractivity contribution in [2.75, 3.05) is 0 Å². The third-order valence-corrected chi connectivity index (χ3v) is 3.02. The predicted molar refractivity (Wildman–Crippen MR) is 65.2 cm³/mol. The lowest BCUT2D eigenvalue weighted by atomic mass is 9.95. The Morgan fingerprint density at radius 3 is 2.44 bits per heavy atom. The molecule has 0 bridgehead atoms. The van der Waals surface area contributed by atoms with E-state index in [9.17, 15) is 4.79 Å². The van der Waals surface area contributed by atoms with Gasteiger partial charge in [-0.1, -0.05) is 51.1 Å². The number of benzene rings is 1. The van der Waals surface area contributed by atoms with Crippen LogP contribution < -0.4 is 5.32 Å². The first-order chi connectivity index (χ1) is 7.48. The Kier molecular flexibility index (Phi) is 2.75. The van der Waals surface area contributed by atoms with Crippen LogP contribution in [0.4, 0.5) is 0 Å². The van der Waals surface area contributed by atoms with Gasteiger partial charge in [0.2, 0.25) is 5.91 Å². The van der Waals surface area contributed by atoms with E-state index in [2.05, 4.69) is 29.6 Å². The number of hydrogen-bond donors (Lipinski definition) is 1. The van der Waals surface area contributed by atoms with Crippen molar-refractivity contribution in [1.82, 2.24) is 5.32 Å². The molecule has 1 N–H and O–H groups in total. The maximum absolute atomic E-state index is 11.8. The number of rotatable bonds is 2. The molecule has 2 rings (SSSR count). The highest BCUT2D eigenvalue weighted by Crippen LogP contribution is 2.41. The summed E-state index contributed by atoms with van der Waals surface area (Å²) in [7, 11) is 0. The average molecular weight is 217 g/mol. The van der Waals surface area contributed by atoms with Gasteiger partial charge in [-0.2, -0.15) is 0 Å². The quantitative estimate of drug-likeness (QED) is 0.810. The Bertz CT molecular complexity index is 377. The summed E-state index contributed by atoms with van der Waals surface area (Å²) >= 11 is 0. The number of hydrogen-bond acceptors (Lipinski definition) is 1. The molecule has 0 saturated heterocycles. The van der Waals surface area contributed by atoms with Crippen LogP contribution in [0.15, 0.2) is 30.3 Å². The molecule has 0 aromatic heterocycles. The van der Waals surface area contributed by atoms with Gasteiger partial charge in [0.15, 0.2) is 0 Å². The second-order valence-electron chi connectivity index (χ2n) is 5.58. The van der Waals surface area contributed by atoms with Gasteiger partial charge in [-0.05, 0) is 12.0 Å². The fraction of sp³-hybridized carbons (Fsp3) is 0.500. The normalized spacial score (nSPS) is 23.9. The Labute approximate surface area is 97.1 Å². The van der Waals surface area contributed by atoms with Crippen LogP contribution >= 0.6 is 0 Å². The summed E-state index contributed by atoms with van der Waals surface area (Å²) in [6, 6.07) is 10.7. The Morgan fingerprint density at radius 1 is 1.25 bits per heavy atom. The minimum atomic E-state index is -0.288. The first kappa shape index (κ1) is 11.2. The fourth-order valence-electron chi connectivity index (χ4n) is 1.81. The first-order valence-corrected chi connectivity index (χ1v) is 5.84. The molecule has 2 atom stereocenters. The molecule has 1 aliphatic carbocycles. The van der Waals surface area contributed by atoms with Gasteiger partial charge in [-0.3, -0.25) is 4.79 Å². The van der Waals surface area contributed by atoms with Crippen molar-refractivity contribution in [2.45, 2.75) is 39.2 Å². The molecule has 1 fully saturated rings. The lowest BCUT2D eigenvalue weighted by Crippen LogP contribution is -2.36. The van der Waals surface area contributed by atoms with Crippen molar-refractivity contribution in [3.8, 4) is 0 Å². The van der Waals surface area contributed by atoms with Crippen LogP contribution in [0.25, 0.3) is 0 Å². The number of amides is 1. The zero-order valence-electron chi connectivity index (χ0n) is 10.2. The molecule has 2 nitrogen and oxygen atoms in total. The SMILES string of the molecule is CC(C)(C)C(=O)NC1CC1c1ccccc1. The third-order valence-electron chi connectivity index (χ3n) is 3.02. The summed E-state index contributed by atoms with van der Waals surface area (Å²) in [4.78, 5) is 11.8. The molecule has 0 heterocycles. The molecule has 0 radical (unpaired) electrons. The Hall–Kier alpha value is -1.31. The second kappa shape index (κ2) is 3.93. The zero-order valence-corrected chi connectivity index (χ0v) is 10.2. The van der Waals surface area contributed by atoms with E-state index in [0.29, 0.717) is 12.0 Å². The lowest BCUT2D eigenvalue weighted by Gasteiger charge is -2.17. The van der Waals surface area contributed by atoms with Gasteiger partial charge in [0, 0.05) is 17.4 Å². The molecular weight excluding hydrogens is 198 g/mol. The van der Waals surface area contributed by atoms with Gasteiger partial charge in [0.1, 0.15) is 0 Å². The van der Waals surface area contributed by atoms with E-state index in [1.807, 2.05) is 26.8 Å². The van der Waals surface area contributed by atoms with Gasteiger partial charge in [0.25, 0.3) is 0 Å². The predicted octanol–water partition coefficient (Wildman–Crippen LogP) is 2.70. The molecule has 0 spiro atoms. The van der Waals surface area contributed by atoms with Crippen LogP contribution in [-0.2, 0) is 4.79 Å². The van der Waals surface area contributed by atoms with E-state index in [-0.39, 0.29) is 11.3 Å². The Balaban J connectivity index is 1.91. The van der Waals surface area contributed by atoms with E-state index >= 15 is 0 Å². The maximum atomic E-state index is 11.8. The number of carbonyl (C=O) groups is 1. The Morgan fingerprint density at radius 2 is 1.88 bits per heavy atom. The molecule has 1 aromatic carbocycles. The molecule has 16 heavy (non-hydrogen) atoms. The van der Waals surface area contributed by atoms with E-state index in [4.69, 9.17) is 0 Å². The largest absolute Gasteiger partial charge is 0.352 e. The van der Waals surface area contributed by atoms with Gasteiger partial charge in [-0.25, -0.2) is 0 Å². The molecule has 1 amide bonds. The van der Waals surface area contributed by atoms with E-state index in [1.165, 1.54) is 5.56 Å². The molecule has 1 aliphatic rings. The highest BCUT2D eigenvalue weighted by molar-refractivity contribution is 5.82. The standard InChI is InChI=1S/C14H19NO/c1-14(2,3)13(16)15-12-9-11(12)10-7-5-4-6-8-10/h4-8,11-12H,9H2,1-3H3,(H,15,16). The minimum absolute atomic E-state index is 0.149. The summed E-state index contributed by atoms with van der Waals surface area (Å²) in [5, 5.41) is 3.10. The van der Waals surface area contributed by atoms with Gasteiger partial charge in [-0.15, -0.1) is 0 Å². The van der Waals surface area contributed by atoms with Gasteiger partial charge in [0.05, 0.1) is 0 Å². The van der Waals surface area contributed by atoms with E-state index in [1.54, 1.807) is 0 Å². The van der Waals surface area contributed by atoms with Crippen LogP contribution in [-0.4, -0.2) is 11.9 Å². The third kappa shape index (κ3) is 2.43. The van der Waals surface area contributed by atoms with Crippen molar-refractivity contribution in [2.24, 2.45) is 5.41 Å². The second-order valence-corrected chi connectivity index (χ2v) is 5.58. The van der Waals surface area contributed by atoms with Crippen LogP contribution in [0.5, 0.6) is 0 Å². The zero-order chi connectivity index (χ0) is 11.8. The summed E-state index contributed by atoms with van der Waals surface area (Å²) in [6.07, 6.45) is 1.08. The van der Waals surface area contributed by atoms with Crippen LogP contribution in [0.3, 0.4) is 0 Å². The molecular formula is C14H19NO. The van der Waals surface area contributed by atoms with Crippen molar-refractivity contribution >= 4 is 5.91 Å². The van der Waals surface area contributed by atoms with E-state index in [0.717, 1.165) is 6.42 Å². The summed E-state index contributed by atoms with van der Waals surface area (Å²) in [6.45, 7) is 5.84. The molecule has 1 aromatic rings. The number of nitrogens with one attached hydrogen (secondary N) is 1. The van der Waals surface area contributed by atoms with Gasteiger partial charge >= 0.3 is 0 Å². The average Bonchev–Trinajstić information content (AvgIpc) is 2.97. The molecule has 86 valence electrons. The van der Waals surface area contributed by atoms with E-state index < -0.39 is 0 Å². The van der Waals surface area contributed by atoms with Gasteiger partial charge < -0.3 is 5.32 Å². The van der Waals surface area contributed by atoms with Crippen molar-refractivity contribution in [1.29, 1.82) is 0 Å². The first-order valence-electron chi connectivity index (χ1n) is 5.84. The van der Waals surface area contributed by atoms with Crippen LogP contribution in [0.2, 0.25) is 0 Å². The van der Waals surface area contributed by atoms with Crippen LogP contribution in [0.1, 0.15) is 38.7 Å². The molecule has 0 aliphatic heterocycles. The van der Waals surface area contributed by atoms with Crippen molar-refractivity contribution in [3.05, 3.63) is 35.9 Å². The lowest BCUT2D eigenvalue weighted by molar-refractivity contribution is -0.128. The van der Waals surface area contributed by atoms with Crippen molar-refractivity contribution in [3.63, 3.8) is 0 Å².